The fourth-order valence-corrected chi connectivity index (χ4v) is 0.594. The number of carbonyl (C=O) groups excluding carboxylic acids is 1. The average Bonchev–Trinajstić information content (AvgIpc) is 2.34. The van der Waals surface area contributed by atoms with Crippen LogP contribution in [0.3, 0.4) is 0 Å². The van der Waals surface area contributed by atoms with Crippen molar-refractivity contribution in [2.75, 3.05) is 0 Å². The maximum Gasteiger partial charge on any atom is 0.231 e. The fourth-order valence-electron chi connectivity index (χ4n) is 0.594. The van der Waals surface area contributed by atoms with Gasteiger partial charge in [-0.2, -0.15) is 0 Å². The van der Waals surface area contributed by atoms with Crippen molar-refractivity contribution >= 4 is 5.91 Å². The lowest BCUT2D eigenvalue weighted by Crippen LogP contribution is -2.49. The molecule has 56 valence electrons. The van der Waals surface area contributed by atoms with Crippen molar-refractivity contribution in [3.8, 4) is 0 Å². The van der Waals surface area contributed by atoms with Gasteiger partial charge in [-0.1, -0.05) is 0 Å². The summed E-state index contributed by atoms with van der Waals surface area (Å²) in [5.41, 5.74) is 10.7. The molecule has 1 heterocycles. The molecule has 1 atom stereocenters. The molecule has 0 aromatic heterocycles. The molecule has 1 aliphatic rings. The number of hydrazine groups is 2. The van der Waals surface area contributed by atoms with Gasteiger partial charge in [0.05, 0.1) is 0 Å². The van der Waals surface area contributed by atoms with Crippen LogP contribution in [-0.4, -0.2) is 12.1 Å². The molecule has 0 radical (unpaired) electrons. The molecular formula is C5H10N4O. The number of amides is 1. The Morgan fingerprint density at radius 3 is 3.00 bits per heavy atom. The Kier molecular flexibility index (Phi) is 2.24. The van der Waals surface area contributed by atoms with E-state index in [1.165, 1.54) is 6.92 Å². The van der Waals surface area contributed by atoms with Gasteiger partial charge >= 0.3 is 0 Å². The van der Waals surface area contributed by atoms with Crippen LogP contribution < -0.4 is 21.7 Å². The molecule has 0 fully saturated rings. The van der Waals surface area contributed by atoms with Crippen molar-refractivity contribution in [1.82, 2.24) is 21.7 Å². The van der Waals surface area contributed by atoms with E-state index in [0.717, 1.165) is 0 Å². The molecule has 5 heteroatoms. The molecule has 10 heavy (non-hydrogen) atoms. The summed E-state index contributed by atoms with van der Waals surface area (Å²) in [5, 5.41) is 0. The Bertz CT molecular complexity index is 156. The SMILES string of the molecule is CC(=O)NNC1C=CNN1. The number of rotatable bonds is 2. The van der Waals surface area contributed by atoms with Gasteiger partial charge in [0.2, 0.25) is 5.91 Å². The van der Waals surface area contributed by atoms with Crippen molar-refractivity contribution in [3.63, 3.8) is 0 Å². The quantitative estimate of drug-likeness (QED) is 0.357. The zero-order chi connectivity index (χ0) is 7.40. The summed E-state index contributed by atoms with van der Waals surface area (Å²) < 4.78 is 0. The molecule has 5 nitrogen and oxygen atoms in total. The van der Waals surface area contributed by atoms with E-state index in [1.807, 2.05) is 6.08 Å². The highest BCUT2D eigenvalue weighted by Crippen LogP contribution is 1.82. The molecule has 0 aromatic rings. The van der Waals surface area contributed by atoms with E-state index in [-0.39, 0.29) is 12.1 Å². The Labute approximate surface area is 58.8 Å². The van der Waals surface area contributed by atoms with Gasteiger partial charge in [0.25, 0.3) is 0 Å². The molecule has 0 bridgehead atoms. The van der Waals surface area contributed by atoms with Crippen molar-refractivity contribution in [2.24, 2.45) is 0 Å². The third-order valence-corrected chi connectivity index (χ3v) is 1.01. The normalized spacial score (nSPS) is 22.3. The first kappa shape index (κ1) is 7.04. The summed E-state index contributed by atoms with van der Waals surface area (Å²) in [7, 11) is 0. The van der Waals surface area contributed by atoms with E-state index >= 15 is 0 Å². The molecule has 0 saturated heterocycles. The molecule has 0 spiro atoms. The molecule has 0 aliphatic carbocycles. The van der Waals surface area contributed by atoms with Gasteiger partial charge in [-0.25, -0.2) is 10.9 Å². The molecule has 0 aromatic carbocycles. The zero-order valence-corrected chi connectivity index (χ0v) is 5.64. The smallest absolute Gasteiger partial charge is 0.231 e. The lowest BCUT2D eigenvalue weighted by atomic mass is 10.5. The van der Waals surface area contributed by atoms with Gasteiger partial charge < -0.3 is 5.43 Å². The van der Waals surface area contributed by atoms with Gasteiger partial charge in [-0.05, 0) is 6.08 Å². The molecule has 0 saturated carbocycles. The lowest BCUT2D eigenvalue weighted by molar-refractivity contribution is -0.120. The summed E-state index contributed by atoms with van der Waals surface area (Å²) in [4.78, 5) is 10.4. The highest BCUT2D eigenvalue weighted by Gasteiger charge is 2.05. The summed E-state index contributed by atoms with van der Waals surface area (Å²) >= 11 is 0. The second-order valence-electron chi connectivity index (χ2n) is 1.95. The highest BCUT2D eigenvalue weighted by atomic mass is 16.2. The van der Waals surface area contributed by atoms with Crippen molar-refractivity contribution in [3.05, 3.63) is 12.3 Å². The Morgan fingerprint density at radius 1 is 1.70 bits per heavy atom. The Morgan fingerprint density at radius 2 is 2.50 bits per heavy atom. The molecule has 1 amide bonds. The Balaban J connectivity index is 2.13. The van der Waals surface area contributed by atoms with E-state index < -0.39 is 0 Å². The van der Waals surface area contributed by atoms with Crippen molar-refractivity contribution < 1.29 is 4.79 Å². The van der Waals surface area contributed by atoms with Crippen LogP contribution in [0.1, 0.15) is 6.92 Å². The van der Waals surface area contributed by atoms with Crippen molar-refractivity contribution in [1.29, 1.82) is 0 Å². The number of carbonyl (C=O) groups is 1. The van der Waals surface area contributed by atoms with Crippen LogP contribution in [-0.2, 0) is 4.79 Å². The third kappa shape index (κ3) is 2.04. The second-order valence-corrected chi connectivity index (χ2v) is 1.95. The summed E-state index contributed by atoms with van der Waals surface area (Å²) in [5.74, 6) is -0.109. The minimum Gasteiger partial charge on any atom is -0.327 e. The van der Waals surface area contributed by atoms with E-state index in [4.69, 9.17) is 0 Å². The van der Waals surface area contributed by atoms with Crippen LogP contribution in [0.25, 0.3) is 0 Å². The van der Waals surface area contributed by atoms with Gasteiger partial charge in [-0.15, -0.1) is 0 Å². The number of hydrogen-bond acceptors (Lipinski definition) is 4. The molecule has 4 N–H and O–H groups in total. The predicted molar refractivity (Wildman–Crippen MR) is 36.2 cm³/mol. The van der Waals surface area contributed by atoms with Gasteiger partial charge in [0.15, 0.2) is 0 Å². The summed E-state index contributed by atoms with van der Waals surface area (Å²) in [6.07, 6.45) is 3.57. The van der Waals surface area contributed by atoms with Gasteiger partial charge in [0.1, 0.15) is 6.17 Å². The molecule has 1 aliphatic heterocycles. The van der Waals surface area contributed by atoms with Crippen LogP contribution >= 0.6 is 0 Å². The minimum atomic E-state index is -0.109. The van der Waals surface area contributed by atoms with Gasteiger partial charge in [-0.3, -0.25) is 10.2 Å². The minimum absolute atomic E-state index is 0.0242. The monoisotopic (exact) mass is 142 g/mol. The summed E-state index contributed by atoms with van der Waals surface area (Å²) in [6.45, 7) is 1.44. The maximum absolute atomic E-state index is 10.4. The van der Waals surface area contributed by atoms with Crippen LogP contribution in [0, 0.1) is 0 Å². The largest absolute Gasteiger partial charge is 0.327 e. The van der Waals surface area contributed by atoms with Gasteiger partial charge in [0, 0.05) is 13.1 Å². The van der Waals surface area contributed by atoms with Crippen LogP contribution in [0.5, 0.6) is 0 Å². The first-order valence-corrected chi connectivity index (χ1v) is 2.99. The predicted octanol–water partition coefficient (Wildman–Crippen LogP) is -1.43. The highest BCUT2D eigenvalue weighted by molar-refractivity contribution is 5.72. The standard InChI is InChI=1S/C5H10N4O/c1-4(10)7-9-5-2-3-6-8-5/h2-3,5-6,8-9H,1H3,(H,7,10). The van der Waals surface area contributed by atoms with Crippen molar-refractivity contribution in [2.45, 2.75) is 13.1 Å². The fraction of sp³-hybridized carbons (Fsp3) is 0.400. The van der Waals surface area contributed by atoms with E-state index in [2.05, 4.69) is 21.7 Å². The summed E-state index contributed by atoms with van der Waals surface area (Å²) in [6, 6.07) is 0. The maximum atomic E-state index is 10.4. The molecule has 1 rings (SSSR count). The van der Waals surface area contributed by atoms with E-state index in [9.17, 15) is 4.79 Å². The van der Waals surface area contributed by atoms with Crippen LogP contribution in [0.4, 0.5) is 0 Å². The third-order valence-electron chi connectivity index (χ3n) is 1.01. The number of nitrogens with one attached hydrogen (secondary N) is 4. The molecular weight excluding hydrogens is 132 g/mol. The number of hydrogen-bond donors (Lipinski definition) is 4. The van der Waals surface area contributed by atoms with Crippen LogP contribution in [0.2, 0.25) is 0 Å². The van der Waals surface area contributed by atoms with E-state index in [0.29, 0.717) is 0 Å². The van der Waals surface area contributed by atoms with E-state index in [1.54, 1.807) is 6.20 Å². The lowest BCUT2D eigenvalue weighted by Gasteiger charge is -2.10. The Hall–Kier alpha value is -1.07. The topological polar surface area (TPSA) is 65.2 Å². The molecule has 1 unspecified atom stereocenters. The first-order valence-electron chi connectivity index (χ1n) is 2.99. The second kappa shape index (κ2) is 3.19. The zero-order valence-electron chi connectivity index (χ0n) is 5.64. The van der Waals surface area contributed by atoms with Crippen LogP contribution in [0.15, 0.2) is 12.3 Å². The first-order chi connectivity index (χ1) is 4.79. The average molecular weight is 142 g/mol.